The lowest BCUT2D eigenvalue weighted by Crippen LogP contribution is -2.46. The summed E-state index contributed by atoms with van der Waals surface area (Å²) in [6.45, 7) is 6.79. The van der Waals surface area contributed by atoms with E-state index in [0.29, 0.717) is 24.1 Å². The first-order valence-corrected chi connectivity index (χ1v) is 13.8. The van der Waals surface area contributed by atoms with Crippen LogP contribution in [-0.4, -0.2) is 62.0 Å². The number of hydrogen-bond donors (Lipinski definition) is 1. The maximum Gasteiger partial charge on any atom is 0.510 e. The largest absolute Gasteiger partial charge is 0.510 e. The van der Waals surface area contributed by atoms with Crippen molar-refractivity contribution >= 4 is 22.9 Å². The molecule has 40 heavy (non-hydrogen) atoms. The highest BCUT2D eigenvalue weighted by atomic mass is 16.7. The Kier molecular flexibility index (Phi) is 8.83. The van der Waals surface area contributed by atoms with Crippen LogP contribution in [-0.2, 0) is 16.0 Å². The number of anilines is 1. The van der Waals surface area contributed by atoms with Crippen molar-refractivity contribution in [3.63, 3.8) is 0 Å². The van der Waals surface area contributed by atoms with Crippen molar-refractivity contribution in [2.75, 3.05) is 51.3 Å². The van der Waals surface area contributed by atoms with Crippen molar-refractivity contribution in [1.29, 1.82) is 0 Å². The molecule has 1 N–H and O–H groups in total. The van der Waals surface area contributed by atoms with E-state index in [9.17, 15) is 9.59 Å². The van der Waals surface area contributed by atoms with E-state index in [-0.39, 0.29) is 6.61 Å². The first-order valence-electron chi connectivity index (χ1n) is 13.8. The van der Waals surface area contributed by atoms with Gasteiger partial charge in [-0.3, -0.25) is 4.90 Å². The van der Waals surface area contributed by atoms with Crippen LogP contribution in [0.1, 0.15) is 25.1 Å². The molecule has 1 atom stereocenters. The van der Waals surface area contributed by atoms with E-state index in [0.717, 1.165) is 38.4 Å². The van der Waals surface area contributed by atoms with Crippen molar-refractivity contribution in [2.24, 2.45) is 0 Å². The third-order valence-electron chi connectivity index (χ3n) is 7.21. The van der Waals surface area contributed by atoms with E-state index >= 15 is 0 Å². The van der Waals surface area contributed by atoms with Gasteiger partial charge >= 0.3 is 11.9 Å². The molecule has 1 aromatic heterocycles. The summed E-state index contributed by atoms with van der Waals surface area (Å²) >= 11 is 0. The van der Waals surface area contributed by atoms with Gasteiger partial charge in [-0.2, -0.15) is 0 Å². The molecule has 5 rings (SSSR count). The number of nitrogens with zero attached hydrogens (tertiary/aromatic N) is 3. The van der Waals surface area contributed by atoms with Crippen molar-refractivity contribution in [3.8, 4) is 11.1 Å². The smallest absolute Gasteiger partial charge is 0.433 e. The summed E-state index contributed by atoms with van der Waals surface area (Å²) in [6, 6.07) is 24.8. The van der Waals surface area contributed by atoms with Crippen LogP contribution in [0.4, 0.5) is 10.5 Å². The van der Waals surface area contributed by atoms with Gasteiger partial charge in [0.25, 0.3) is 0 Å². The van der Waals surface area contributed by atoms with Crippen molar-refractivity contribution in [2.45, 2.75) is 26.1 Å². The van der Waals surface area contributed by atoms with Crippen LogP contribution in [0.25, 0.3) is 22.2 Å². The molecule has 0 radical (unpaired) electrons. The SMILES string of the molecule is CCC(OC(=O)OCCNC)n1c(=O)oc2c(N3CCN(Cc4cccc(-c5ccccc5)c4)CC3)cccc21. The van der Waals surface area contributed by atoms with Gasteiger partial charge in [0.2, 0.25) is 0 Å². The quantitative estimate of drug-likeness (QED) is 0.224. The van der Waals surface area contributed by atoms with Gasteiger partial charge in [-0.25, -0.2) is 14.2 Å². The van der Waals surface area contributed by atoms with E-state index in [1.54, 1.807) is 7.05 Å². The van der Waals surface area contributed by atoms with Crippen LogP contribution in [0.3, 0.4) is 0 Å². The molecule has 1 aliphatic rings. The number of fused-ring (bicyclic) bond motifs is 1. The average molecular weight is 545 g/mol. The number of ether oxygens (including phenoxy) is 2. The van der Waals surface area contributed by atoms with Crippen LogP contribution in [0.2, 0.25) is 0 Å². The van der Waals surface area contributed by atoms with Gasteiger partial charge in [-0.1, -0.05) is 61.5 Å². The van der Waals surface area contributed by atoms with E-state index in [2.05, 4.69) is 63.6 Å². The highest BCUT2D eigenvalue weighted by Crippen LogP contribution is 2.30. The van der Waals surface area contributed by atoms with E-state index in [1.807, 2.05) is 31.2 Å². The molecular weight excluding hydrogens is 508 g/mol. The Morgan fingerprint density at radius 3 is 2.48 bits per heavy atom. The number of aromatic nitrogens is 1. The second kappa shape index (κ2) is 12.8. The third-order valence-corrected chi connectivity index (χ3v) is 7.21. The Morgan fingerprint density at radius 2 is 1.73 bits per heavy atom. The predicted octanol–water partition coefficient (Wildman–Crippen LogP) is 4.86. The zero-order valence-electron chi connectivity index (χ0n) is 23.0. The van der Waals surface area contributed by atoms with E-state index in [4.69, 9.17) is 13.9 Å². The summed E-state index contributed by atoms with van der Waals surface area (Å²) < 4.78 is 17.7. The lowest BCUT2D eigenvalue weighted by Gasteiger charge is -2.36. The summed E-state index contributed by atoms with van der Waals surface area (Å²) in [7, 11) is 1.77. The molecule has 0 spiro atoms. The number of nitrogens with one attached hydrogen (secondary N) is 1. The normalized spacial score (nSPS) is 14.8. The maximum absolute atomic E-state index is 12.9. The number of piperazine rings is 1. The highest BCUT2D eigenvalue weighted by Gasteiger charge is 2.26. The molecule has 0 bridgehead atoms. The van der Waals surface area contributed by atoms with Crippen molar-refractivity contribution in [3.05, 3.63) is 88.9 Å². The maximum atomic E-state index is 12.9. The molecule has 2 heterocycles. The molecule has 1 fully saturated rings. The van der Waals surface area contributed by atoms with E-state index in [1.165, 1.54) is 21.3 Å². The Morgan fingerprint density at radius 1 is 0.975 bits per heavy atom. The van der Waals surface area contributed by atoms with Crippen molar-refractivity contribution in [1.82, 2.24) is 14.8 Å². The zero-order valence-corrected chi connectivity index (χ0v) is 23.0. The van der Waals surface area contributed by atoms with Crippen LogP contribution in [0.15, 0.2) is 82.0 Å². The molecule has 0 aliphatic carbocycles. The standard InChI is InChI=1S/C31H36N4O5/c1-3-28(39-31(37)38-20-15-32-2)35-27-14-8-13-26(29(27)40-30(35)36)34-18-16-33(17-19-34)22-23-9-7-12-25(21-23)24-10-5-4-6-11-24/h4-14,21,28,32H,3,15-20,22H2,1-2H3. The van der Waals surface area contributed by atoms with Gasteiger partial charge < -0.3 is 24.1 Å². The first-order chi connectivity index (χ1) is 19.6. The number of oxazole rings is 1. The van der Waals surface area contributed by atoms with Gasteiger partial charge in [0, 0.05) is 45.7 Å². The molecule has 210 valence electrons. The lowest BCUT2D eigenvalue weighted by atomic mass is 10.0. The first kappa shape index (κ1) is 27.5. The summed E-state index contributed by atoms with van der Waals surface area (Å²) in [5.41, 5.74) is 5.70. The second-order valence-corrected chi connectivity index (χ2v) is 9.88. The number of hydrogen-bond acceptors (Lipinski definition) is 8. The molecule has 9 nitrogen and oxygen atoms in total. The number of carbonyl (C=O) groups excluding carboxylic acids is 1. The second-order valence-electron chi connectivity index (χ2n) is 9.88. The van der Waals surface area contributed by atoms with Crippen LogP contribution < -0.4 is 16.0 Å². The third kappa shape index (κ3) is 6.21. The van der Waals surface area contributed by atoms with Gasteiger partial charge in [0.1, 0.15) is 6.61 Å². The minimum atomic E-state index is -0.824. The van der Waals surface area contributed by atoms with Crippen LogP contribution >= 0.6 is 0 Å². The molecule has 3 aromatic carbocycles. The monoisotopic (exact) mass is 544 g/mol. The molecule has 0 saturated carbocycles. The summed E-state index contributed by atoms with van der Waals surface area (Å²) in [6.07, 6.45) is -1.25. The fourth-order valence-corrected chi connectivity index (χ4v) is 5.15. The fourth-order valence-electron chi connectivity index (χ4n) is 5.15. The Hall–Kier alpha value is -4.08. The topological polar surface area (TPSA) is 89.2 Å². The average Bonchev–Trinajstić information content (AvgIpc) is 3.33. The van der Waals surface area contributed by atoms with Crippen molar-refractivity contribution < 1.29 is 18.7 Å². The molecule has 0 amide bonds. The molecular formula is C31H36N4O5. The number of carbonyl (C=O) groups is 1. The fraction of sp³-hybridized carbons (Fsp3) is 0.355. The predicted molar refractivity (Wildman–Crippen MR) is 156 cm³/mol. The molecule has 1 aliphatic heterocycles. The minimum absolute atomic E-state index is 0.182. The summed E-state index contributed by atoms with van der Waals surface area (Å²) in [4.78, 5) is 29.8. The molecule has 1 unspecified atom stereocenters. The van der Waals surface area contributed by atoms with E-state index < -0.39 is 18.1 Å². The van der Waals surface area contributed by atoms with Crippen LogP contribution in [0, 0.1) is 0 Å². The summed E-state index contributed by atoms with van der Waals surface area (Å²) in [5.74, 6) is -0.561. The molecule has 9 heteroatoms. The van der Waals surface area contributed by atoms with Gasteiger partial charge in [-0.05, 0) is 41.9 Å². The lowest BCUT2D eigenvalue weighted by molar-refractivity contribution is -0.00589. The minimum Gasteiger partial charge on any atom is -0.433 e. The number of rotatable bonds is 10. The number of likely N-dealkylation sites (N-methyl/N-ethyl adjacent to an activating group) is 1. The number of para-hydroxylation sites is 1. The molecule has 4 aromatic rings. The Labute approximate surface area is 233 Å². The summed E-state index contributed by atoms with van der Waals surface area (Å²) in [5, 5.41) is 2.90. The highest BCUT2D eigenvalue weighted by molar-refractivity contribution is 5.87. The zero-order chi connectivity index (χ0) is 27.9. The number of benzene rings is 3. The van der Waals surface area contributed by atoms with Gasteiger partial charge in [0.05, 0.1) is 11.2 Å². The Balaban J connectivity index is 1.26. The molecule has 1 saturated heterocycles. The van der Waals surface area contributed by atoms with Gasteiger partial charge in [0.15, 0.2) is 11.8 Å². The Bertz CT molecular complexity index is 1470. The van der Waals surface area contributed by atoms with Crippen LogP contribution in [0.5, 0.6) is 0 Å². The van der Waals surface area contributed by atoms with Gasteiger partial charge in [-0.15, -0.1) is 0 Å².